The smallest absolute Gasteiger partial charge is 0.251 e. The average Bonchev–Trinajstić information content (AvgIpc) is 2.96. The first-order valence-electron chi connectivity index (χ1n) is 5.66. The Morgan fingerprint density at radius 3 is 3.19 bits per heavy atom. The Morgan fingerprint density at radius 2 is 2.56 bits per heavy atom. The van der Waals surface area contributed by atoms with Crippen LogP contribution in [0.4, 0.5) is 0 Å². The molecule has 2 heterocycles. The van der Waals surface area contributed by atoms with Crippen LogP contribution in [-0.2, 0) is 16.0 Å². The number of carbonyl (C=O) groups excluding carboxylic acids is 1. The summed E-state index contributed by atoms with van der Waals surface area (Å²) < 4.78 is 5.38. The largest absolute Gasteiger partial charge is 0.368 e. The summed E-state index contributed by atoms with van der Waals surface area (Å²) in [5, 5.41) is 2.07. The molecule has 1 atom stereocenters. The van der Waals surface area contributed by atoms with Crippen molar-refractivity contribution in [1.29, 1.82) is 0 Å². The van der Waals surface area contributed by atoms with Crippen LogP contribution in [0.1, 0.15) is 17.7 Å². The molecule has 0 aromatic carbocycles. The van der Waals surface area contributed by atoms with Crippen molar-refractivity contribution in [3.05, 3.63) is 22.4 Å². The van der Waals surface area contributed by atoms with Gasteiger partial charge >= 0.3 is 0 Å². The van der Waals surface area contributed by atoms with E-state index in [9.17, 15) is 4.79 Å². The van der Waals surface area contributed by atoms with Crippen LogP contribution in [0, 0.1) is 0 Å². The summed E-state index contributed by atoms with van der Waals surface area (Å²) in [6, 6.07) is 4.15. The molecule has 0 N–H and O–H groups in total. The van der Waals surface area contributed by atoms with Crippen LogP contribution >= 0.6 is 11.3 Å². The molecule has 0 spiro atoms. The molecule has 1 aliphatic rings. The quantitative estimate of drug-likeness (QED) is 0.803. The van der Waals surface area contributed by atoms with Crippen LogP contribution in [0.15, 0.2) is 17.5 Å². The number of carbonyl (C=O) groups is 1. The molecule has 88 valence electrons. The van der Waals surface area contributed by atoms with Crippen molar-refractivity contribution >= 4 is 17.2 Å². The summed E-state index contributed by atoms with van der Waals surface area (Å²) >= 11 is 1.74. The molecule has 0 saturated carbocycles. The van der Waals surface area contributed by atoms with Crippen LogP contribution in [0.2, 0.25) is 0 Å². The van der Waals surface area contributed by atoms with Crippen molar-refractivity contribution in [1.82, 2.24) is 4.90 Å². The van der Waals surface area contributed by atoms with Crippen LogP contribution in [0.3, 0.4) is 0 Å². The van der Waals surface area contributed by atoms with E-state index >= 15 is 0 Å². The lowest BCUT2D eigenvalue weighted by molar-refractivity contribution is -0.139. The van der Waals surface area contributed by atoms with Crippen LogP contribution in [0.25, 0.3) is 0 Å². The Hall–Kier alpha value is -0.870. The summed E-state index contributed by atoms with van der Waals surface area (Å²) in [7, 11) is 1.86. The molecule has 1 unspecified atom stereocenters. The third kappa shape index (κ3) is 2.83. The third-order valence-electron chi connectivity index (χ3n) is 2.86. The highest BCUT2D eigenvalue weighted by atomic mass is 32.1. The van der Waals surface area contributed by atoms with Gasteiger partial charge in [0.05, 0.1) is 0 Å². The molecule has 1 amide bonds. The minimum atomic E-state index is -0.187. The van der Waals surface area contributed by atoms with Crippen LogP contribution in [-0.4, -0.2) is 37.1 Å². The van der Waals surface area contributed by atoms with Crippen molar-refractivity contribution < 1.29 is 9.53 Å². The average molecular weight is 239 g/mol. The van der Waals surface area contributed by atoms with Crippen molar-refractivity contribution in [3.8, 4) is 0 Å². The number of thiophene rings is 1. The van der Waals surface area contributed by atoms with Gasteiger partial charge in [0.15, 0.2) is 0 Å². The summed E-state index contributed by atoms with van der Waals surface area (Å²) in [6.07, 6.45) is 2.64. The Kier molecular flexibility index (Phi) is 3.96. The number of amides is 1. The topological polar surface area (TPSA) is 29.5 Å². The number of hydrogen-bond acceptors (Lipinski definition) is 3. The van der Waals surface area contributed by atoms with Gasteiger partial charge in [0, 0.05) is 25.1 Å². The van der Waals surface area contributed by atoms with E-state index in [4.69, 9.17) is 4.74 Å². The van der Waals surface area contributed by atoms with Gasteiger partial charge in [0.2, 0.25) is 0 Å². The standard InChI is InChI=1S/C12H17NO2S/c1-13(7-6-10-4-3-9-16-10)12(14)11-5-2-8-15-11/h3-4,9,11H,2,5-8H2,1H3. The maximum atomic E-state index is 11.9. The molecule has 3 nitrogen and oxygen atoms in total. The minimum absolute atomic E-state index is 0.133. The van der Waals surface area contributed by atoms with Gasteiger partial charge in [-0.3, -0.25) is 4.79 Å². The fraction of sp³-hybridized carbons (Fsp3) is 0.583. The maximum Gasteiger partial charge on any atom is 0.251 e. The Bertz CT molecular complexity index is 331. The van der Waals surface area contributed by atoms with E-state index in [-0.39, 0.29) is 12.0 Å². The van der Waals surface area contributed by atoms with E-state index in [1.54, 1.807) is 16.2 Å². The zero-order valence-corrected chi connectivity index (χ0v) is 10.3. The number of hydrogen-bond donors (Lipinski definition) is 0. The first kappa shape index (κ1) is 11.6. The van der Waals surface area contributed by atoms with E-state index in [1.807, 2.05) is 13.1 Å². The molecule has 0 radical (unpaired) electrons. The SMILES string of the molecule is CN(CCc1cccs1)C(=O)C1CCCO1. The number of rotatable bonds is 4. The number of ether oxygens (including phenoxy) is 1. The van der Waals surface area contributed by atoms with E-state index in [0.717, 1.165) is 32.4 Å². The van der Waals surface area contributed by atoms with Gasteiger partial charge in [0.1, 0.15) is 6.10 Å². The number of likely N-dealkylation sites (N-methyl/N-ethyl adjacent to an activating group) is 1. The molecule has 1 saturated heterocycles. The van der Waals surface area contributed by atoms with E-state index in [2.05, 4.69) is 11.4 Å². The van der Waals surface area contributed by atoms with E-state index in [1.165, 1.54) is 4.88 Å². The van der Waals surface area contributed by atoms with E-state index in [0.29, 0.717) is 0 Å². The molecule has 16 heavy (non-hydrogen) atoms. The molecule has 1 fully saturated rings. The molecule has 1 aromatic rings. The molecular formula is C12H17NO2S. The van der Waals surface area contributed by atoms with Gasteiger partial charge in [-0.2, -0.15) is 0 Å². The molecule has 1 aliphatic heterocycles. The zero-order chi connectivity index (χ0) is 11.4. The van der Waals surface area contributed by atoms with Crippen LogP contribution < -0.4 is 0 Å². The summed E-state index contributed by atoms with van der Waals surface area (Å²) in [4.78, 5) is 15.0. The van der Waals surface area contributed by atoms with Crippen molar-refractivity contribution in [3.63, 3.8) is 0 Å². The molecule has 2 rings (SSSR count). The highest BCUT2D eigenvalue weighted by Crippen LogP contribution is 2.15. The molecule has 0 bridgehead atoms. The Labute approximate surface area is 100 Å². The van der Waals surface area contributed by atoms with Gasteiger partial charge < -0.3 is 9.64 Å². The second kappa shape index (κ2) is 5.46. The summed E-state index contributed by atoms with van der Waals surface area (Å²) in [5.74, 6) is 0.133. The van der Waals surface area contributed by atoms with Gasteiger partial charge in [0.25, 0.3) is 5.91 Å². The van der Waals surface area contributed by atoms with Gasteiger partial charge in [-0.15, -0.1) is 11.3 Å². The maximum absolute atomic E-state index is 11.9. The lowest BCUT2D eigenvalue weighted by Gasteiger charge is -2.20. The molecular weight excluding hydrogens is 222 g/mol. The van der Waals surface area contributed by atoms with Crippen molar-refractivity contribution in [2.45, 2.75) is 25.4 Å². The predicted octanol–water partition coefficient (Wildman–Crippen LogP) is 1.93. The van der Waals surface area contributed by atoms with Gasteiger partial charge in [-0.1, -0.05) is 6.07 Å². The molecule has 0 aliphatic carbocycles. The first-order valence-corrected chi connectivity index (χ1v) is 6.54. The first-order chi connectivity index (χ1) is 7.77. The zero-order valence-electron chi connectivity index (χ0n) is 9.52. The van der Waals surface area contributed by atoms with Crippen molar-refractivity contribution in [2.75, 3.05) is 20.2 Å². The fourth-order valence-electron chi connectivity index (χ4n) is 1.86. The third-order valence-corrected chi connectivity index (χ3v) is 3.79. The molecule has 1 aromatic heterocycles. The minimum Gasteiger partial charge on any atom is -0.368 e. The lowest BCUT2D eigenvalue weighted by Crippen LogP contribution is -2.37. The summed E-state index contributed by atoms with van der Waals surface area (Å²) in [6.45, 7) is 1.51. The number of nitrogens with zero attached hydrogens (tertiary/aromatic N) is 1. The Balaban J connectivity index is 1.78. The predicted molar refractivity (Wildman–Crippen MR) is 64.6 cm³/mol. The van der Waals surface area contributed by atoms with Crippen LogP contribution in [0.5, 0.6) is 0 Å². The second-order valence-electron chi connectivity index (χ2n) is 4.09. The fourth-order valence-corrected chi connectivity index (χ4v) is 2.56. The van der Waals surface area contributed by atoms with Crippen molar-refractivity contribution in [2.24, 2.45) is 0 Å². The van der Waals surface area contributed by atoms with Gasteiger partial charge in [-0.05, 0) is 30.7 Å². The summed E-state index contributed by atoms with van der Waals surface area (Å²) in [5.41, 5.74) is 0. The lowest BCUT2D eigenvalue weighted by atomic mass is 10.2. The highest BCUT2D eigenvalue weighted by molar-refractivity contribution is 7.09. The highest BCUT2D eigenvalue weighted by Gasteiger charge is 2.26. The molecule has 4 heteroatoms. The monoisotopic (exact) mass is 239 g/mol. The van der Waals surface area contributed by atoms with E-state index < -0.39 is 0 Å². The second-order valence-corrected chi connectivity index (χ2v) is 5.12. The normalized spacial score (nSPS) is 19.9. The Morgan fingerprint density at radius 1 is 1.69 bits per heavy atom. The van der Waals surface area contributed by atoms with Gasteiger partial charge in [-0.25, -0.2) is 0 Å².